The lowest BCUT2D eigenvalue weighted by Crippen LogP contribution is -2.32. The number of carbonyl (C=O) groups excluding carboxylic acids is 1. The molecule has 0 aliphatic heterocycles. The summed E-state index contributed by atoms with van der Waals surface area (Å²) >= 11 is 0. The molecule has 3 aromatic rings. The van der Waals surface area contributed by atoms with Crippen molar-refractivity contribution in [3.63, 3.8) is 0 Å². The van der Waals surface area contributed by atoms with Crippen LogP contribution in [0.2, 0.25) is 0 Å². The lowest BCUT2D eigenvalue weighted by molar-refractivity contribution is 0.0730. The van der Waals surface area contributed by atoms with E-state index in [1.807, 2.05) is 29.2 Å². The van der Waals surface area contributed by atoms with Gasteiger partial charge in [-0.3, -0.25) is 4.79 Å². The first-order chi connectivity index (χ1) is 13.1. The second-order valence-corrected chi connectivity index (χ2v) is 7.37. The number of nitrogens with zero attached hydrogens (tertiary/aromatic N) is 5. The van der Waals surface area contributed by atoms with Crippen LogP contribution in [0.25, 0.3) is 5.69 Å². The standard InChI is InChI=1S/C21H23N5O/c1-15(2)17-8-6-16(7-9-17)13-25(19-10-11-19)21(27)18-4-3-5-20(12-18)26-14-22-23-24-26/h3-9,12,14-15,19H,10-11,13H2,1-2H3. The Morgan fingerprint density at radius 1 is 1.19 bits per heavy atom. The van der Waals surface area contributed by atoms with Crippen molar-refractivity contribution in [2.24, 2.45) is 0 Å². The van der Waals surface area contributed by atoms with Crippen LogP contribution in [-0.4, -0.2) is 37.1 Å². The highest BCUT2D eigenvalue weighted by molar-refractivity contribution is 5.95. The Bertz CT molecular complexity index is 914. The van der Waals surface area contributed by atoms with Crippen LogP contribution in [0.3, 0.4) is 0 Å². The van der Waals surface area contributed by atoms with Gasteiger partial charge in [-0.25, -0.2) is 4.68 Å². The third-order valence-corrected chi connectivity index (χ3v) is 4.95. The molecule has 0 saturated heterocycles. The fourth-order valence-corrected chi connectivity index (χ4v) is 3.18. The Morgan fingerprint density at radius 2 is 1.96 bits per heavy atom. The Kier molecular flexibility index (Phi) is 4.71. The third kappa shape index (κ3) is 3.89. The van der Waals surface area contributed by atoms with Crippen LogP contribution < -0.4 is 0 Å². The van der Waals surface area contributed by atoms with E-state index >= 15 is 0 Å². The van der Waals surface area contributed by atoms with Gasteiger partial charge >= 0.3 is 0 Å². The molecule has 0 radical (unpaired) electrons. The normalized spacial score (nSPS) is 13.7. The highest BCUT2D eigenvalue weighted by Crippen LogP contribution is 2.30. The third-order valence-electron chi connectivity index (χ3n) is 4.95. The monoisotopic (exact) mass is 361 g/mol. The van der Waals surface area contributed by atoms with E-state index in [9.17, 15) is 4.79 Å². The van der Waals surface area contributed by atoms with Crippen molar-refractivity contribution in [1.82, 2.24) is 25.1 Å². The molecule has 138 valence electrons. The van der Waals surface area contributed by atoms with Crippen molar-refractivity contribution in [3.05, 3.63) is 71.5 Å². The highest BCUT2D eigenvalue weighted by atomic mass is 16.2. The van der Waals surface area contributed by atoms with Gasteiger partial charge in [0.1, 0.15) is 6.33 Å². The minimum absolute atomic E-state index is 0.0559. The Balaban J connectivity index is 1.55. The van der Waals surface area contributed by atoms with E-state index in [-0.39, 0.29) is 5.91 Å². The summed E-state index contributed by atoms with van der Waals surface area (Å²) < 4.78 is 1.56. The van der Waals surface area contributed by atoms with E-state index in [2.05, 4.69) is 53.6 Å². The molecule has 1 heterocycles. The molecule has 6 nitrogen and oxygen atoms in total. The zero-order valence-corrected chi connectivity index (χ0v) is 15.6. The molecule has 1 aliphatic rings. The first kappa shape index (κ1) is 17.4. The fourth-order valence-electron chi connectivity index (χ4n) is 3.18. The maximum Gasteiger partial charge on any atom is 0.254 e. The summed E-state index contributed by atoms with van der Waals surface area (Å²) in [4.78, 5) is 15.2. The van der Waals surface area contributed by atoms with Crippen LogP contribution >= 0.6 is 0 Å². The Hall–Kier alpha value is -3.02. The van der Waals surface area contributed by atoms with E-state index < -0.39 is 0 Å². The number of tetrazole rings is 1. The average Bonchev–Trinajstić information content (AvgIpc) is 3.38. The van der Waals surface area contributed by atoms with Crippen molar-refractivity contribution in [2.75, 3.05) is 0 Å². The van der Waals surface area contributed by atoms with E-state index in [0.717, 1.165) is 24.1 Å². The predicted molar refractivity (Wildman–Crippen MR) is 103 cm³/mol. The Labute approximate surface area is 158 Å². The second-order valence-electron chi connectivity index (χ2n) is 7.37. The molecule has 1 aliphatic carbocycles. The summed E-state index contributed by atoms with van der Waals surface area (Å²) in [5, 5.41) is 11.2. The molecule has 0 spiro atoms. The van der Waals surface area contributed by atoms with Gasteiger partial charge in [0.05, 0.1) is 5.69 Å². The maximum absolute atomic E-state index is 13.2. The van der Waals surface area contributed by atoms with E-state index in [0.29, 0.717) is 24.1 Å². The van der Waals surface area contributed by atoms with Gasteiger partial charge in [-0.2, -0.15) is 0 Å². The molecular weight excluding hydrogens is 338 g/mol. The van der Waals surface area contributed by atoms with E-state index in [4.69, 9.17) is 0 Å². The van der Waals surface area contributed by atoms with Crippen LogP contribution in [-0.2, 0) is 6.54 Å². The molecule has 0 bridgehead atoms. The van der Waals surface area contributed by atoms with Crippen molar-refractivity contribution in [3.8, 4) is 5.69 Å². The first-order valence-electron chi connectivity index (χ1n) is 9.35. The predicted octanol–water partition coefficient (Wildman–Crippen LogP) is 3.59. The molecular formula is C21H23N5O. The van der Waals surface area contributed by atoms with Gasteiger partial charge in [0.25, 0.3) is 5.91 Å². The summed E-state index contributed by atoms with van der Waals surface area (Å²) in [6, 6.07) is 16.4. The smallest absolute Gasteiger partial charge is 0.254 e. The van der Waals surface area contributed by atoms with Gasteiger partial charge in [0.2, 0.25) is 0 Å². The first-order valence-corrected chi connectivity index (χ1v) is 9.35. The van der Waals surface area contributed by atoms with Crippen LogP contribution in [0.1, 0.15) is 54.1 Å². The molecule has 4 rings (SSSR count). The number of carbonyl (C=O) groups is 1. The molecule has 1 saturated carbocycles. The highest BCUT2D eigenvalue weighted by Gasteiger charge is 2.33. The average molecular weight is 361 g/mol. The molecule has 1 amide bonds. The van der Waals surface area contributed by atoms with Crippen LogP contribution in [0, 0.1) is 0 Å². The van der Waals surface area contributed by atoms with Gasteiger partial charge in [-0.1, -0.05) is 44.2 Å². The molecule has 2 aromatic carbocycles. The number of aromatic nitrogens is 4. The van der Waals surface area contributed by atoms with Gasteiger partial charge in [-0.15, -0.1) is 5.10 Å². The lowest BCUT2D eigenvalue weighted by Gasteiger charge is -2.23. The van der Waals surface area contributed by atoms with Gasteiger partial charge in [-0.05, 0) is 58.5 Å². The lowest BCUT2D eigenvalue weighted by atomic mass is 10.0. The molecule has 0 N–H and O–H groups in total. The number of amides is 1. The van der Waals surface area contributed by atoms with E-state index in [1.54, 1.807) is 4.68 Å². The zero-order chi connectivity index (χ0) is 18.8. The summed E-state index contributed by atoms with van der Waals surface area (Å²) in [5.74, 6) is 0.564. The number of hydrogen-bond donors (Lipinski definition) is 0. The van der Waals surface area contributed by atoms with Crippen molar-refractivity contribution in [2.45, 2.75) is 45.2 Å². The van der Waals surface area contributed by atoms with Gasteiger partial charge < -0.3 is 4.90 Å². The summed E-state index contributed by atoms with van der Waals surface area (Å²) in [5.41, 5.74) is 3.92. The quantitative estimate of drug-likeness (QED) is 0.673. The fraction of sp³-hybridized carbons (Fsp3) is 0.333. The number of rotatable bonds is 6. The van der Waals surface area contributed by atoms with Crippen LogP contribution in [0.15, 0.2) is 54.9 Å². The molecule has 6 heteroatoms. The Morgan fingerprint density at radius 3 is 2.59 bits per heavy atom. The van der Waals surface area contributed by atoms with Crippen molar-refractivity contribution < 1.29 is 4.79 Å². The summed E-state index contributed by atoms with van der Waals surface area (Å²) in [6.45, 7) is 5.01. The molecule has 0 atom stereocenters. The largest absolute Gasteiger partial charge is 0.331 e. The molecule has 27 heavy (non-hydrogen) atoms. The number of hydrogen-bond acceptors (Lipinski definition) is 4. The van der Waals surface area contributed by atoms with Crippen molar-refractivity contribution in [1.29, 1.82) is 0 Å². The second kappa shape index (κ2) is 7.31. The minimum Gasteiger partial charge on any atom is -0.331 e. The van der Waals surface area contributed by atoms with Gasteiger partial charge in [0, 0.05) is 18.2 Å². The molecule has 1 fully saturated rings. The van der Waals surface area contributed by atoms with Crippen molar-refractivity contribution >= 4 is 5.91 Å². The topological polar surface area (TPSA) is 63.9 Å². The maximum atomic E-state index is 13.2. The zero-order valence-electron chi connectivity index (χ0n) is 15.6. The molecule has 1 aromatic heterocycles. The summed E-state index contributed by atoms with van der Waals surface area (Å²) in [6.07, 6.45) is 3.67. The number of benzene rings is 2. The van der Waals surface area contributed by atoms with Gasteiger partial charge in [0.15, 0.2) is 0 Å². The summed E-state index contributed by atoms with van der Waals surface area (Å²) in [7, 11) is 0. The van der Waals surface area contributed by atoms with E-state index in [1.165, 1.54) is 11.9 Å². The SMILES string of the molecule is CC(C)c1ccc(CN(C(=O)c2cccc(-n3cnnn3)c2)C2CC2)cc1. The van der Waals surface area contributed by atoms with Crippen LogP contribution in [0.4, 0.5) is 0 Å². The van der Waals surface area contributed by atoms with Crippen LogP contribution in [0.5, 0.6) is 0 Å². The minimum atomic E-state index is 0.0559. The molecule has 0 unspecified atom stereocenters.